The van der Waals surface area contributed by atoms with E-state index in [-0.39, 0.29) is 0 Å². The largest absolute Gasteiger partial charge is 0.385 e. The second kappa shape index (κ2) is 8.23. The highest BCUT2D eigenvalue weighted by atomic mass is 16.3. The summed E-state index contributed by atoms with van der Waals surface area (Å²) in [4.78, 5) is 12.3. The van der Waals surface area contributed by atoms with Crippen molar-refractivity contribution in [1.82, 2.24) is 14.9 Å². The van der Waals surface area contributed by atoms with Crippen LogP contribution in [0.2, 0.25) is 0 Å². The summed E-state index contributed by atoms with van der Waals surface area (Å²) < 4.78 is 0. The zero-order valence-corrected chi connectivity index (χ0v) is 15.5. The highest BCUT2D eigenvalue weighted by molar-refractivity contribution is 5.47. The first-order valence-electron chi connectivity index (χ1n) is 10.0. The standard InChI is InChI=1S/C21H30N4O/c26-20(21-22-10-11-23-21)18-8-14-24(15-9-18)16-17-4-6-19(7-5-17)25-12-2-1-3-13-25/h4-7,10-11,18,20,26H,1-3,8-9,12-16H2,(H,22,23). The number of rotatable bonds is 5. The van der Waals surface area contributed by atoms with E-state index < -0.39 is 6.10 Å². The molecule has 1 aromatic heterocycles. The number of anilines is 1. The number of likely N-dealkylation sites (tertiary alicyclic amines) is 1. The highest BCUT2D eigenvalue weighted by Gasteiger charge is 2.27. The molecule has 2 aliphatic heterocycles. The first kappa shape index (κ1) is 17.6. The molecule has 2 aromatic rings. The number of nitrogens with one attached hydrogen (secondary N) is 1. The van der Waals surface area contributed by atoms with Crippen molar-refractivity contribution in [3.05, 3.63) is 48.0 Å². The lowest BCUT2D eigenvalue weighted by Gasteiger charge is -2.34. The maximum Gasteiger partial charge on any atom is 0.135 e. The molecular weight excluding hydrogens is 324 g/mol. The molecule has 2 aliphatic rings. The molecule has 26 heavy (non-hydrogen) atoms. The summed E-state index contributed by atoms with van der Waals surface area (Å²) in [6.07, 6.45) is 9.08. The molecule has 5 nitrogen and oxygen atoms in total. The minimum atomic E-state index is -0.462. The van der Waals surface area contributed by atoms with Crippen LogP contribution < -0.4 is 4.90 Å². The predicted octanol–water partition coefficient (Wildman–Crippen LogP) is 3.35. The number of aliphatic hydroxyl groups excluding tert-OH is 1. The summed E-state index contributed by atoms with van der Waals surface area (Å²) in [6, 6.07) is 9.14. The molecule has 0 aliphatic carbocycles. The molecule has 2 fully saturated rings. The average molecular weight is 354 g/mol. The van der Waals surface area contributed by atoms with Crippen LogP contribution in [0.3, 0.4) is 0 Å². The van der Waals surface area contributed by atoms with E-state index in [9.17, 15) is 5.11 Å². The summed E-state index contributed by atoms with van der Waals surface area (Å²) in [5.74, 6) is 1.01. The van der Waals surface area contributed by atoms with Crippen LogP contribution in [-0.2, 0) is 6.54 Å². The maximum absolute atomic E-state index is 10.4. The fourth-order valence-electron chi connectivity index (χ4n) is 4.31. The van der Waals surface area contributed by atoms with Crippen molar-refractivity contribution in [3.63, 3.8) is 0 Å². The van der Waals surface area contributed by atoms with Gasteiger partial charge in [-0.3, -0.25) is 4.90 Å². The molecule has 140 valence electrons. The van der Waals surface area contributed by atoms with E-state index in [2.05, 4.69) is 44.0 Å². The molecule has 0 saturated carbocycles. The number of piperidine rings is 2. The topological polar surface area (TPSA) is 55.4 Å². The normalized spacial score (nSPS) is 21.0. The van der Waals surface area contributed by atoms with E-state index in [4.69, 9.17) is 0 Å². The molecule has 0 amide bonds. The van der Waals surface area contributed by atoms with E-state index in [0.29, 0.717) is 11.7 Å². The van der Waals surface area contributed by atoms with Crippen molar-refractivity contribution < 1.29 is 5.11 Å². The van der Waals surface area contributed by atoms with Gasteiger partial charge in [-0.25, -0.2) is 4.98 Å². The Kier molecular flexibility index (Phi) is 5.56. The monoisotopic (exact) mass is 354 g/mol. The molecule has 2 N–H and O–H groups in total. The van der Waals surface area contributed by atoms with Crippen LogP contribution in [0.4, 0.5) is 5.69 Å². The van der Waals surface area contributed by atoms with Gasteiger partial charge in [0.15, 0.2) is 0 Å². The molecule has 4 rings (SSSR count). The fraction of sp³-hybridized carbons (Fsp3) is 0.571. The molecule has 0 spiro atoms. The Morgan fingerprint density at radius 1 is 1.04 bits per heavy atom. The lowest BCUT2D eigenvalue weighted by Crippen LogP contribution is -2.35. The van der Waals surface area contributed by atoms with Crippen LogP contribution in [0.1, 0.15) is 49.6 Å². The molecule has 1 unspecified atom stereocenters. The molecular formula is C21H30N4O. The van der Waals surface area contributed by atoms with Crippen LogP contribution in [0.25, 0.3) is 0 Å². The van der Waals surface area contributed by atoms with Crippen molar-refractivity contribution in [1.29, 1.82) is 0 Å². The Balaban J connectivity index is 1.27. The summed E-state index contributed by atoms with van der Waals surface area (Å²) in [6.45, 7) is 5.48. The molecule has 1 atom stereocenters. The number of aromatic nitrogens is 2. The molecule has 0 bridgehead atoms. The minimum Gasteiger partial charge on any atom is -0.385 e. The second-order valence-electron chi connectivity index (χ2n) is 7.75. The van der Waals surface area contributed by atoms with Crippen molar-refractivity contribution >= 4 is 5.69 Å². The number of aromatic amines is 1. The summed E-state index contributed by atoms with van der Waals surface area (Å²) in [5, 5.41) is 10.4. The first-order chi connectivity index (χ1) is 12.8. The van der Waals surface area contributed by atoms with E-state index in [1.807, 2.05) is 0 Å². The summed E-state index contributed by atoms with van der Waals surface area (Å²) >= 11 is 0. The van der Waals surface area contributed by atoms with Gasteiger partial charge in [0.25, 0.3) is 0 Å². The molecule has 5 heteroatoms. The van der Waals surface area contributed by atoms with Gasteiger partial charge < -0.3 is 15.0 Å². The van der Waals surface area contributed by atoms with Crippen LogP contribution in [0.5, 0.6) is 0 Å². The summed E-state index contributed by atoms with van der Waals surface area (Å²) in [5.41, 5.74) is 2.75. The third kappa shape index (κ3) is 4.10. The van der Waals surface area contributed by atoms with E-state index in [1.54, 1.807) is 12.4 Å². The van der Waals surface area contributed by atoms with Crippen molar-refractivity contribution in [2.75, 3.05) is 31.1 Å². The van der Waals surface area contributed by atoms with Crippen molar-refractivity contribution in [3.8, 4) is 0 Å². The smallest absolute Gasteiger partial charge is 0.135 e. The Hall–Kier alpha value is -1.85. The molecule has 2 saturated heterocycles. The average Bonchev–Trinajstić information content (AvgIpc) is 3.24. The zero-order chi connectivity index (χ0) is 17.8. The number of nitrogens with zero attached hydrogens (tertiary/aromatic N) is 3. The van der Waals surface area contributed by atoms with Gasteiger partial charge in [-0.05, 0) is 68.8 Å². The number of aliphatic hydroxyl groups is 1. The first-order valence-corrected chi connectivity index (χ1v) is 10.0. The fourth-order valence-corrected chi connectivity index (χ4v) is 4.31. The number of hydrogen-bond acceptors (Lipinski definition) is 4. The van der Waals surface area contributed by atoms with Gasteiger partial charge in [0, 0.05) is 37.7 Å². The van der Waals surface area contributed by atoms with Crippen LogP contribution >= 0.6 is 0 Å². The van der Waals surface area contributed by atoms with E-state index >= 15 is 0 Å². The maximum atomic E-state index is 10.4. The number of benzene rings is 1. The highest BCUT2D eigenvalue weighted by Crippen LogP contribution is 2.29. The van der Waals surface area contributed by atoms with Gasteiger partial charge in [0.05, 0.1) is 0 Å². The molecule has 0 radical (unpaired) electrons. The van der Waals surface area contributed by atoms with Gasteiger partial charge >= 0.3 is 0 Å². The van der Waals surface area contributed by atoms with E-state index in [0.717, 1.165) is 32.5 Å². The van der Waals surface area contributed by atoms with Gasteiger partial charge in [0.2, 0.25) is 0 Å². The summed E-state index contributed by atoms with van der Waals surface area (Å²) in [7, 11) is 0. The Morgan fingerprint density at radius 3 is 2.42 bits per heavy atom. The van der Waals surface area contributed by atoms with Crippen molar-refractivity contribution in [2.24, 2.45) is 5.92 Å². The Bertz CT molecular complexity index is 656. The second-order valence-corrected chi connectivity index (χ2v) is 7.75. The number of hydrogen-bond donors (Lipinski definition) is 2. The lowest BCUT2D eigenvalue weighted by atomic mass is 9.90. The van der Waals surface area contributed by atoms with Crippen LogP contribution in [-0.4, -0.2) is 46.2 Å². The number of H-pyrrole nitrogens is 1. The van der Waals surface area contributed by atoms with Gasteiger partial charge in [-0.2, -0.15) is 0 Å². The zero-order valence-electron chi connectivity index (χ0n) is 15.5. The third-order valence-corrected chi connectivity index (χ3v) is 5.94. The Morgan fingerprint density at radius 2 is 1.77 bits per heavy atom. The quantitative estimate of drug-likeness (QED) is 0.865. The third-order valence-electron chi connectivity index (χ3n) is 5.94. The minimum absolute atomic E-state index is 0.305. The van der Waals surface area contributed by atoms with Crippen molar-refractivity contribution in [2.45, 2.75) is 44.8 Å². The molecule has 1 aromatic carbocycles. The van der Waals surface area contributed by atoms with E-state index in [1.165, 1.54) is 43.6 Å². The van der Waals surface area contributed by atoms with Crippen LogP contribution in [0.15, 0.2) is 36.7 Å². The van der Waals surface area contributed by atoms with Gasteiger partial charge in [-0.1, -0.05) is 12.1 Å². The lowest BCUT2D eigenvalue weighted by molar-refractivity contribution is 0.0515. The molecule has 3 heterocycles. The predicted molar refractivity (Wildman–Crippen MR) is 104 cm³/mol. The Labute approximate surface area is 156 Å². The number of imidazole rings is 1. The SMILES string of the molecule is OC(c1ncc[nH]1)C1CCN(Cc2ccc(N3CCCCC3)cc2)CC1. The van der Waals surface area contributed by atoms with Gasteiger partial charge in [0.1, 0.15) is 11.9 Å². The van der Waals surface area contributed by atoms with Gasteiger partial charge in [-0.15, -0.1) is 0 Å². The van der Waals surface area contributed by atoms with Crippen LogP contribution in [0, 0.1) is 5.92 Å².